The lowest BCUT2D eigenvalue weighted by Gasteiger charge is -2.11. The van der Waals surface area contributed by atoms with Gasteiger partial charge in [-0.05, 0) is 42.0 Å². The molecule has 0 amide bonds. The molecule has 25 heavy (non-hydrogen) atoms. The average molecular weight is 354 g/mol. The third kappa shape index (κ3) is 5.73. The molecule has 0 aliphatic heterocycles. The third-order valence-electron chi connectivity index (χ3n) is 3.60. The summed E-state index contributed by atoms with van der Waals surface area (Å²) in [5.74, 6) is 1.65. The van der Waals surface area contributed by atoms with Crippen molar-refractivity contribution in [3.8, 4) is 11.5 Å². The lowest BCUT2D eigenvalue weighted by molar-refractivity contribution is 0.306. The van der Waals surface area contributed by atoms with E-state index in [4.69, 9.17) is 21.1 Å². The summed E-state index contributed by atoms with van der Waals surface area (Å²) < 4.78 is 11.5. The molecule has 0 fully saturated rings. The lowest BCUT2D eigenvalue weighted by atomic mass is 10.2. The lowest BCUT2D eigenvalue weighted by Crippen LogP contribution is -2.11. The Hall–Kier alpha value is -2.65. The minimum absolute atomic E-state index is 0.559. The van der Waals surface area contributed by atoms with Gasteiger partial charge in [-0.3, -0.25) is 0 Å². The number of hydrogen-bond donors (Lipinski definition) is 1. The molecule has 0 bridgehead atoms. The van der Waals surface area contributed by atoms with E-state index in [0.29, 0.717) is 24.8 Å². The maximum Gasteiger partial charge on any atom is 0.121 e. The smallest absolute Gasteiger partial charge is 0.121 e. The second-order valence-corrected chi connectivity index (χ2v) is 5.97. The Morgan fingerprint density at radius 1 is 0.760 bits per heavy atom. The Bertz CT molecular complexity index is 775. The van der Waals surface area contributed by atoms with E-state index < -0.39 is 0 Å². The van der Waals surface area contributed by atoms with Crippen LogP contribution in [-0.2, 0) is 6.61 Å². The van der Waals surface area contributed by atoms with Crippen LogP contribution in [0.1, 0.15) is 5.56 Å². The highest BCUT2D eigenvalue weighted by Gasteiger charge is 1.99. The summed E-state index contributed by atoms with van der Waals surface area (Å²) in [5, 5.41) is 4.04. The number of ether oxygens (including phenoxy) is 2. The highest BCUT2D eigenvalue weighted by atomic mass is 35.5. The van der Waals surface area contributed by atoms with Crippen molar-refractivity contribution in [1.29, 1.82) is 0 Å². The molecule has 3 aromatic rings. The number of halogens is 1. The number of benzene rings is 3. The Balaban J connectivity index is 1.44. The van der Waals surface area contributed by atoms with Crippen LogP contribution in [0.15, 0.2) is 78.9 Å². The number of anilines is 1. The Labute approximate surface area is 153 Å². The van der Waals surface area contributed by atoms with E-state index in [1.807, 2.05) is 66.7 Å². The number of nitrogens with one attached hydrogen (secondary N) is 1. The van der Waals surface area contributed by atoms with Crippen molar-refractivity contribution in [1.82, 2.24) is 0 Å². The zero-order chi connectivity index (χ0) is 17.3. The molecule has 0 unspecified atom stereocenters. The van der Waals surface area contributed by atoms with Crippen LogP contribution in [0.4, 0.5) is 5.69 Å². The summed E-state index contributed by atoms with van der Waals surface area (Å²) in [6, 6.07) is 25.4. The van der Waals surface area contributed by atoms with Crippen LogP contribution in [0.5, 0.6) is 11.5 Å². The molecule has 0 heterocycles. The fourth-order valence-corrected chi connectivity index (χ4v) is 2.46. The van der Waals surface area contributed by atoms with Gasteiger partial charge in [-0.25, -0.2) is 0 Å². The van der Waals surface area contributed by atoms with E-state index in [1.165, 1.54) is 0 Å². The standard InChI is InChI=1S/C21H20ClNO2/c22-18-9-11-20(12-10-18)24-14-13-23-19-7-4-8-21(15-19)25-16-17-5-2-1-3-6-17/h1-12,15,23H,13-14,16H2. The first-order chi connectivity index (χ1) is 12.3. The molecule has 1 N–H and O–H groups in total. The fourth-order valence-electron chi connectivity index (χ4n) is 2.33. The molecule has 3 rings (SSSR count). The highest BCUT2D eigenvalue weighted by molar-refractivity contribution is 6.30. The van der Waals surface area contributed by atoms with Gasteiger partial charge in [-0.1, -0.05) is 48.0 Å². The van der Waals surface area contributed by atoms with Crippen molar-refractivity contribution in [3.63, 3.8) is 0 Å². The molecule has 0 saturated carbocycles. The quantitative estimate of drug-likeness (QED) is 0.549. The van der Waals surface area contributed by atoms with Gasteiger partial charge in [0.25, 0.3) is 0 Å². The maximum atomic E-state index is 5.85. The minimum atomic E-state index is 0.559. The van der Waals surface area contributed by atoms with Crippen molar-refractivity contribution < 1.29 is 9.47 Å². The summed E-state index contributed by atoms with van der Waals surface area (Å²) in [4.78, 5) is 0. The van der Waals surface area contributed by atoms with Crippen LogP contribution >= 0.6 is 11.6 Å². The van der Waals surface area contributed by atoms with Gasteiger partial charge in [-0.15, -0.1) is 0 Å². The summed E-state index contributed by atoms with van der Waals surface area (Å²) in [6.07, 6.45) is 0. The number of rotatable bonds is 8. The van der Waals surface area contributed by atoms with Gasteiger partial charge in [0.15, 0.2) is 0 Å². The highest BCUT2D eigenvalue weighted by Crippen LogP contribution is 2.19. The monoisotopic (exact) mass is 353 g/mol. The fraction of sp³-hybridized carbons (Fsp3) is 0.143. The number of hydrogen-bond acceptors (Lipinski definition) is 3. The zero-order valence-corrected chi connectivity index (χ0v) is 14.6. The minimum Gasteiger partial charge on any atom is -0.492 e. The molecule has 0 aliphatic rings. The van der Waals surface area contributed by atoms with E-state index in [-0.39, 0.29) is 0 Å². The Morgan fingerprint density at radius 2 is 1.56 bits per heavy atom. The Kier molecular flexibility index (Phi) is 6.18. The first-order valence-electron chi connectivity index (χ1n) is 8.19. The molecule has 0 aromatic heterocycles. The summed E-state index contributed by atoms with van der Waals surface area (Å²) in [7, 11) is 0. The summed E-state index contributed by atoms with van der Waals surface area (Å²) in [5.41, 5.74) is 2.16. The predicted molar refractivity (Wildman–Crippen MR) is 103 cm³/mol. The molecule has 128 valence electrons. The summed E-state index contributed by atoms with van der Waals surface area (Å²) in [6.45, 7) is 1.82. The molecule has 0 aliphatic carbocycles. The van der Waals surface area contributed by atoms with Crippen molar-refractivity contribution >= 4 is 17.3 Å². The Morgan fingerprint density at radius 3 is 2.36 bits per heavy atom. The topological polar surface area (TPSA) is 30.5 Å². The van der Waals surface area contributed by atoms with Crippen molar-refractivity contribution in [2.24, 2.45) is 0 Å². The molecular formula is C21H20ClNO2. The van der Waals surface area contributed by atoms with Crippen molar-refractivity contribution in [3.05, 3.63) is 89.4 Å². The molecular weight excluding hydrogens is 334 g/mol. The van der Waals surface area contributed by atoms with Gasteiger partial charge in [0.2, 0.25) is 0 Å². The van der Waals surface area contributed by atoms with Gasteiger partial charge >= 0.3 is 0 Å². The van der Waals surface area contributed by atoms with Crippen LogP contribution < -0.4 is 14.8 Å². The normalized spacial score (nSPS) is 10.3. The molecule has 0 radical (unpaired) electrons. The molecule has 0 spiro atoms. The van der Waals surface area contributed by atoms with Crippen molar-refractivity contribution in [2.75, 3.05) is 18.5 Å². The molecule has 3 aromatic carbocycles. The van der Waals surface area contributed by atoms with Gasteiger partial charge in [0.05, 0.1) is 0 Å². The van der Waals surface area contributed by atoms with Crippen LogP contribution in [-0.4, -0.2) is 13.2 Å². The SMILES string of the molecule is Clc1ccc(OCCNc2cccc(OCc3ccccc3)c2)cc1. The van der Waals surface area contributed by atoms with E-state index in [2.05, 4.69) is 17.4 Å². The van der Waals surface area contributed by atoms with Gasteiger partial charge in [-0.2, -0.15) is 0 Å². The predicted octanol–water partition coefficient (Wildman–Crippen LogP) is 5.41. The first-order valence-corrected chi connectivity index (χ1v) is 8.56. The van der Waals surface area contributed by atoms with Gasteiger partial charge < -0.3 is 14.8 Å². The van der Waals surface area contributed by atoms with Crippen LogP contribution in [0, 0.1) is 0 Å². The molecule has 3 nitrogen and oxygen atoms in total. The maximum absolute atomic E-state index is 5.85. The van der Waals surface area contributed by atoms with Crippen LogP contribution in [0.3, 0.4) is 0 Å². The largest absolute Gasteiger partial charge is 0.492 e. The molecule has 4 heteroatoms. The van der Waals surface area contributed by atoms with E-state index in [9.17, 15) is 0 Å². The van der Waals surface area contributed by atoms with Gasteiger partial charge in [0, 0.05) is 23.3 Å². The molecule has 0 saturated heterocycles. The molecule has 0 atom stereocenters. The van der Waals surface area contributed by atoms with E-state index >= 15 is 0 Å². The zero-order valence-electron chi connectivity index (χ0n) is 13.8. The average Bonchev–Trinajstić information content (AvgIpc) is 2.66. The van der Waals surface area contributed by atoms with Crippen LogP contribution in [0.25, 0.3) is 0 Å². The first kappa shape index (κ1) is 17.2. The van der Waals surface area contributed by atoms with E-state index in [0.717, 1.165) is 22.7 Å². The second-order valence-electron chi connectivity index (χ2n) is 5.53. The van der Waals surface area contributed by atoms with Crippen LogP contribution in [0.2, 0.25) is 5.02 Å². The van der Waals surface area contributed by atoms with Crippen molar-refractivity contribution in [2.45, 2.75) is 6.61 Å². The summed E-state index contributed by atoms with van der Waals surface area (Å²) >= 11 is 5.85. The van der Waals surface area contributed by atoms with E-state index in [1.54, 1.807) is 0 Å². The van der Waals surface area contributed by atoms with Gasteiger partial charge in [0.1, 0.15) is 24.7 Å². The second kappa shape index (κ2) is 9.00. The third-order valence-corrected chi connectivity index (χ3v) is 3.85.